The molecule has 1 aromatic heterocycles. The zero-order valence-corrected chi connectivity index (χ0v) is 5.83. The summed E-state index contributed by atoms with van der Waals surface area (Å²) in [5, 5.41) is 5.81. The Hall–Kier alpha value is -1.11. The van der Waals surface area contributed by atoms with Gasteiger partial charge < -0.3 is 16.0 Å². The first-order valence-electron chi connectivity index (χ1n) is 3.34. The second-order valence-corrected chi connectivity index (χ2v) is 2.43. The monoisotopic (exact) mass is 154 g/mol. The molecule has 1 aliphatic heterocycles. The average molecular weight is 154 g/mol. The Labute approximate surface area is 63.4 Å². The number of rotatable bonds is 0. The molecular formula is C5H10N6. The van der Waals surface area contributed by atoms with Crippen molar-refractivity contribution in [2.24, 2.45) is 11.5 Å². The molecule has 11 heavy (non-hydrogen) atoms. The molecule has 0 spiro atoms. The second-order valence-electron chi connectivity index (χ2n) is 2.43. The summed E-state index contributed by atoms with van der Waals surface area (Å²) in [5.41, 5.74) is 12.1. The number of nitrogens with zero attached hydrogens (tertiary/aromatic N) is 1. The third-order valence-corrected chi connectivity index (χ3v) is 1.63. The number of aromatic nitrogens is 2. The first-order chi connectivity index (χ1) is 5.27. The van der Waals surface area contributed by atoms with Gasteiger partial charge in [-0.2, -0.15) is 0 Å². The van der Waals surface area contributed by atoms with Gasteiger partial charge in [0, 0.05) is 0 Å². The minimum Gasteiger partial charge on any atom is -0.344 e. The van der Waals surface area contributed by atoms with E-state index in [2.05, 4.69) is 20.6 Å². The number of imidazole rings is 1. The molecular weight excluding hydrogens is 144 g/mol. The van der Waals surface area contributed by atoms with Crippen molar-refractivity contribution < 1.29 is 0 Å². The summed E-state index contributed by atoms with van der Waals surface area (Å²) in [7, 11) is 0. The Kier molecular flexibility index (Phi) is 1.31. The van der Waals surface area contributed by atoms with Crippen LogP contribution < -0.4 is 22.1 Å². The van der Waals surface area contributed by atoms with Crippen molar-refractivity contribution in [1.29, 1.82) is 0 Å². The number of nitrogens with two attached hydrogens (primary N) is 2. The molecule has 2 unspecified atom stereocenters. The summed E-state index contributed by atoms with van der Waals surface area (Å²) in [4.78, 5) is 6.90. The molecule has 2 heterocycles. The Balaban J connectivity index is 2.36. The van der Waals surface area contributed by atoms with Crippen LogP contribution in [0.15, 0.2) is 6.33 Å². The first-order valence-corrected chi connectivity index (χ1v) is 3.34. The van der Waals surface area contributed by atoms with E-state index in [4.69, 9.17) is 11.5 Å². The van der Waals surface area contributed by atoms with Crippen LogP contribution in [0.3, 0.4) is 0 Å². The molecule has 0 aromatic carbocycles. The molecule has 6 heteroatoms. The normalized spacial score (nSPS) is 29.3. The summed E-state index contributed by atoms with van der Waals surface area (Å²) in [6.07, 6.45) is 1.00. The lowest BCUT2D eigenvalue weighted by molar-refractivity contribution is 0.457. The standard InChI is InChI=1S/C5H10N6/c6-3-2-4(9-1-8-2)11-5(7)10-3/h1,3,5,10-11H,6-7H2,(H,8,9). The van der Waals surface area contributed by atoms with E-state index in [1.54, 1.807) is 6.33 Å². The van der Waals surface area contributed by atoms with Crippen LogP contribution in [0.2, 0.25) is 0 Å². The highest BCUT2D eigenvalue weighted by Gasteiger charge is 2.21. The van der Waals surface area contributed by atoms with E-state index >= 15 is 0 Å². The number of fused-ring (bicyclic) bond motifs is 1. The fourth-order valence-electron chi connectivity index (χ4n) is 1.12. The molecule has 0 saturated heterocycles. The fourth-order valence-corrected chi connectivity index (χ4v) is 1.12. The van der Waals surface area contributed by atoms with Crippen LogP contribution in [0.25, 0.3) is 0 Å². The van der Waals surface area contributed by atoms with E-state index in [0.29, 0.717) is 0 Å². The van der Waals surface area contributed by atoms with E-state index in [9.17, 15) is 0 Å². The topological polar surface area (TPSA) is 105 Å². The summed E-state index contributed by atoms with van der Waals surface area (Å²) in [6, 6.07) is 0. The molecule has 1 aromatic rings. The number of hydrogen-bond donors (Lipinski definition) is 5. The van der Waals surface area contributed by atoms with E-state index in [1.165, 1.54) is 0 Å². The zero-order valence-electron chi connectivity index (χ0n) is 5.83. The van der Waals surface area contributed by atoms with Crippen molar-refractivity contribution >= 4 is 5.82 Å². The Morgan fingerprint density at radius 3 is 3.09 bits per heavy atom. The molecule has 6 nitrogen and oxygen atoms in total. The second kappa shape index (κ2) is 2.19. The van der Waals surface area contributed by atoms with Crippen LogP contribution in [0, 0.1) is 0 Å². The Bertz CT molecular complexity index is 255. The van der Waals surface area contributed by atoms with Gasteiger partial charge in [-0.05, 0) is 0 Å². The molecule has 0 amide bonds. The predicted molar refractivity (Wildman–Crippen MR) is 40.2 cm³/mol. The van der Waals surface area contributed by atoms with Crippen LogP contribution in [0.1, 0.15) is 11.9 Å². The number of H-pyrrole nitrogens is 1. The molecule has 1 aliphatic rings. The van der Waals surface area contributed by atoms with E-state index < -0.39 is 0 Å². The first kappa shape index (κ1) is 6.59. The molecule has 2 rings (SSSR count). The lowest BCUT2D eigenvalue weighted by Crippen LogP contribution is -2.51. The van der Waals surface area contributed by atoms with Gasteiger partial charge >= 0.3 is 0 Å². The molecule has 2 atom stereocenters. The van der Waals surface area contributed by atoms with Gasteiger partial charge in [-0.3, -0.25) is 11.1 Å². The van der Waals surface area contributed by atoms with Crippen molar-refractivity contribution in [2.45, 2.75) is 12.5 Å². The van der Waals surface area contributed by atoms with Gasteiger partial charge in [0.1, 0.15) is 12.5 Å². The number of aromatic amines is 1. The SMILES string of the molecule is NC1Nc2nc[nH]c2C(N)N1. The van der Waals surface area contributed by atoms with Crippen LogP contribution >= 0.6 is 0 Å². The molecule has 0 saturated carbocycles. The van der Waals surface area contributed by atoms with Crippen LogP contribution in [-0.4, -0.2) is 16.3 Å². The summed E-state index contributed by atoms with van der Waals surface area (Å²) in [6.45, 7) is 0. The van der Waals surface area contributed by atoms with Crippen molar-refractivity contribution in [3.05, 3.63) is 12.0 Å². The Morgan fingerprint density at radius 1 is 1.45 bits per heavy atom. The molecule has 60 valence electrons. The van der Waals surface area contributed by atoms with Gasteiger partial charge in [0.2, 0.25) is 0 Å². The number of anilines is 1. The van der Waals surface area contributed by atoms with Gasteiger partial charge in [0.15, 0.2) is 5.82 Å². The summed E-state index contributed by atoms with van der Waals surface area (Å²) >= 11 is 0. The largest absolute Gasteiger partial charge is 0.344 e. The van der Waals surface area contributed by atoms with Gasteiger partial charge in [-0.1, -0.05) is 0 Å². The molecule has 0 fully saturated rings. The molecule has 0 aliphatic carbocycles. The Morgan fingerprint density at radius 2 is 2.27 bits per heavy atom. The quantitative estimate of drug-likeness (QED) is 0.317. The van der Waals surface area contributed by atoms with Gasteiger partial charge in [0.05, 0.1) is 12.0 Å². The van der Waals surface area contributed by atoms with Crippen molar-refractivity contribution in [1.82, 2.24) is 15.3 Å². The average Bonchev–Trinajstić information content (AvgIpc) is 2.34. The van der Waals surface area contributed by atoms with Gasteiger partial charge in [0.25, 0.3) is 0 Å². The lowest BCUT2D eigenvalue weighted by Gasteiger charge is -2.26. The highest BCUT2D eigenvalue weighted by Crippen LogP contribution is 2.18. The molecule has 7 N–H and O–H groups in total. The zero-order chi connectivity index (χ0) is 7.84. The highest BCUT2D eigenvalue weighted by atomic mass is 15.3. The van der Waals surface area contributed by atoms with Gasteiger partial charge in [-0.15, -0.1) is 0 Å². The van der Waals surface area contributed by atoms with Crippen LogP contribution in [0.5, 0.6) is 0 Å². The van der Waals surface area contributed by atoms with Crippen molar-refractivity contribution in [3.8, 4) is 0 Å². The number of nitrogens with one attached hydrogen (secondary N) is 3. The van der Waals surface area contributed by atoms with E-state index in [-0.39, 0.29) is 12.5 Å². The third-order valence-electron chi connectivity index (χ3n) is 1.63. The molecule has 0 radical (unpaired) electrons. The minimum absolute atomic E-state index is 0.260. The minimum atomic E-state index is -0.319. The maximum absolute atomic E-state index is 5.68. The summed E-state index contributed by atoms with van der Waals surface area (Å²) < 4.78 is 0. The molecule has 0 bridgehead atoms. The fraction of sp³-hybridized carbons (Fsp3) is 0.400. The smallest absolute Gasteiger partial charge is 0.152 e. The van der Waals surface area contributed by atoms with Gasteiger partial charge in [-0.25, -0.2) is 4.98 Å². The van der Waals surface area contributed by atoms with E-state index in [0.717, 1.165) is 11.5 Å². The van der Waals surface area contributed by atoms with Crippen LogP contribution in [0.4, 0.5) is 5.82 Å². The van der Waals surface area contributed by atoms with Crippen molar-refractivity contribution in [3.63, 3.8) is 0 Å². The predicted octanol–water partition coefficient (Wildman–Crippen LogP) is -1.38. The maximum atomic E-state index is 5.68. The highest BCUT2D eigenvalue weighted by molar-refractivity contribution is 5.44. The van der Waals surface area contributed by atoms with E-state index in [1.807, 2.05) is 0 Å². The third kappa shape index (κ3) is 0.967. The summed E-state index contributed by atoms with van der Waals surface area (Å²) in [5.74, 6) is 0.726. The van der Waals surface area contributed by atoms with Crippen molar-refractivity contribution in [2.75, 3.05) is 5.32 Å². The lowest BCUT2D eigenvalue weighted by atomic mass is 10.3. The maximum Gasteiger partial charge on any atom is 0.152 e. The van der Waals surface area contributed by atoms with Crippen LogP contribution in [-0.2, 0) is 0 Å². The number of hydrogen-bond acceptors (Lipinski definition) is 5.